The first kappa shape index (κ1) is 15.3. The van der Waals surface area contributed by atoms with Gasteiger partial charge in [-0.1, -0.05) is 25.6 Å². The maximum Gasteiger partial charge on any atom is 0.536 e. The number of rotatable bonds is 4. The lowest BCUT2D eigenvalue weighted by Gasteiger charge is -2.12. The van der Waals surface area contributed by atoms with Crippen molar-refractivity contribution in [3.05, 3.63) is 30.3 Å². The fourth-order valence-electron chi connectivity index (χ4n) is 0.766. The highest BCUT2D eigenvalue weighted by Crippen LogP contribution is 2.57. The summed E-state index contributed by atoms with van der Waals surface area (Å²) >= 11 is 0. The fourth-order valence-corrected chi connectivity index (χ4v) is 2.36. The molecular weight excluding hydrogens is 258 g/mol. The van der Waals surface area contributed by atoms with Crippen LogP contribution in [0.4, 0.5) is 0 Å². The van der Waals surface area contributed by atoms with Gasteiger partial charge in [-0.25, -0.2) is 9.13 Å². The highest BCUT2D eigenvalue weighted by atomic mass is 31.3. The van der Waals surface area contributed by atoms with Gasteiger partial charge in [-0.15, -0.1) is 0 Å². The molecule has 16 heavy (non-hydrogen) atoms. The Balaban J connectivity index is 0.00000225. The van der Waals surface area contributed by atoms with Crippen molar-refractivity contribution in [2.45, 2.75) is 7.43 Å². The minimum atomic E-state index is -5.06. The van der Waals surface area contributed by atoms with E-state index in [0.717, 1.165) is 0 Å². The second-order valence-electron chi connectivity index (χ2n) is 2.45. The van der Waals surface area contributed by atoms with Crippen LogP contribution in [0.5, 0.6) is 5.75 Å². The van der Waals surface area contributed by atoms with Gasteiger partial charge >= 0.3 is 15.6 Å². The molecule has 0 aliphatic heterocycles. The largest absolute Gasteiger partial charge is 0.536 e. The molecule has 1 atom stereocenters. The number of phosphoric ester groups is 1. The van der Waals surface area contributed by atoms with Crippen molar-refractivity contribution in [2.24, 2.45) is 0 Å². The van der Waals surface area contributed by atoms with Crippen LogP contribution < -0.4 is 4.52 Å². The summed E-state index contributed by atoms with van der Waals surface area (Å²) in [6.07, 6.45) is 0. The molecular formula is C7H12O7P2. The van der Waals surface area contributed by atoms with Crippen LogP contribution in [0.1, 0.15) is 7.43 Å². The number of benzene rings is 1. The molecule has 1 aromatic carbocycles. The fraction of sp³-hybridized carbons (Fsp3) is 0.143. The maximum absolute atomic E-state index is 11.0. The smallest absolute Gasteiger partial charge is 0.404 e. The first-order chi connectivity index (χ1) is 6.79. The van der Waals surface area contributed by atoms with E-state index < -0.39 is 15.6 Å². The standard InChI is InChI=1S/C6H8O7P2.CH4/c7-14(8,9)13-15(10,11)12-6-4-2-1-3-5-6;/h1-5H,(H,10,11)(H2,7,8,9);1H4. The van der Waals surface area contributed by atoms with Gasteiger partial charge in [-0.2, -0.15) is 4.31 Å². The van der Waals surface area contributed by atoms with E-state index in [0.29, 0.717) is 0 Å². The predicted molar refractivity (Wildman–Crippen MR) is 56.8 cm³/mol. The summed E-state index contributed by atoms with van der Waals surface area (Å²) < 4.78 is 29.3. The molecule has 7 nitrogen and oxygen atoms in total. The van der Waals surface area contributed by atoms with Gasteiger partial charge in [0.1, 0.15) is 5.75 Å². The summed E-state index contributed by atoms with van der Waals surface area (Å²) in [6.45, 7) is 0. The van der Waals surface area contributed by atoms with Crippen molar-refractivity contribution < 1.29 is 32.6 Å². The van der Waals surface area contributed by atoms with Crippen molar-refractivity contribution >= 4 is 15.6 Å². The van der Waals surface area contributed by atoms with Crippen molar-refractivity contribution in [1.29, 1.82) is 0 Å². The lowest BCUT2D eigenvalue weighted by Crippen LogP contribution is -1.95. The lowest BCUT2D eigenvalue weighted by atomic mass is 10.3. The summed E-state index contributed by atoms with van der Waals surface area (Å²) in [6, 6.07) is 7.36. The van der Waals surface area contributed by atoms with Gasteiger partial charge in [0.2, 0.25) is 0 Å². The highest BCUT2D eigenvalue weighted by molar-refractivity contribution is 7.60. The minimum Gasteiger partial charge on any atom is -0.404 e. The summed E-state index contributed by atoms with van der Waals surface area (Å²) in [5.41, 5.74) is 0. The van der Waals surface area contributed by atoms with Crippen LogP contribution in [0.15, 0.2) is 30.3 Å². The molecule has 0 aromatic heterocycles. The Morgan fingerprint density at radius 3 is 1.94 bits per heavy atom. The summed E-state index contributed by atoms with van der Waals surface area (Å²) in [7, 11) is -9.86. The van der Waals surface area contributed by atoms with E-state index in [-0.39, 0.29) is 13.2 Å². The van der Waals surface area contributed by atoms with E-state index in [1.54, 1.807) is 6.07 Å². The molecule has 9 heteroatoms. The average Bonchev–Trinajstić information content (AvgIpc) is 1.99. The van der Waals surface area contributed by atoms with Crippen LogP contribution in [0.3, 0.4) is 0 Å². The third-order valence-electron chi connectivity index (χ3n) is 1.17. The number of hydrogen-bond acceptors (Lipinski definition) is 4. The molecule has 92 valence electrons. The molecule has 0 spiro atoms. The van der Waals surface area contributed by atoms with Gasteiger partial charge in [-0.05, 0) is 12.1 Å². The van der Waals surface area contributed by atoms with E-state index in [1.165, 1.54) is 24.3 Å². The van der Waals surface area contributed by atoms with Gasteiger partial charge < -0.3 is 14.3 Å². The molecule has 0 saturated carbocycles. The number of phosphoric acid groups is 2. The summed E-state index contributed by atoms with van der Waals surface area (Å²) in [5, 5.41) is 0. The average molecular weight is 270 g/mol. The minimum absolute atomic E-state index is 0. The van der Waals surface area contributed by atoms with Gasteiger partial charge in [0, 0.05) is 0 Å². The Kier molecular flexibility index (Phi) is 5.35. The lowest BCUT2D eigenvalue weighted by molar-refractivity contribution is 0.229. The maximum atomic E-state index is 11.0. The Hall–Kier alpha value is -0.680. The molecule has 0 radical (unpaired) electrons. The van der Waals surface area contributed by atoms with E-state index in [1.807, 2.05) is 0 Å². The molecule has 0 fully saturated rings. The van der Waals surface area contributed by atoms with Crippen molar-refractivity contribution in [3.8, 4) is 5.75 Å². The van der Waals surface area contributed by atoms with Crippen molar-refractivity contribution in [3.63, 3.8) is 0 Å². The zero-order valence-electron chi connectivity index (χ0n) is 7.26. The van der Waals surface area contributed by atoms with E-state index in [9.17, 15) is 9.13 Å². The van der Waals surface area contributed by atoms with Crippen LogP contribution >= 0.6 is 15.6 Å². The second kappa shape index (κ2) is 5.59. The zero-order valence-corrected chi connectivity index (χ0v) is 9.04. The Morgan fingerprint density at radius 1 is 1.00 bits per heavy atom. The van der Waals surface area contributed by atoms with E-state index in [2.05, 4.69) is 8.83 Å². The molecule has 1 aromatic rings. The quantitative estimate of drug-likeness (QED) is 0.716. The SMILES string of the molecule is C.O=P(O)(O)OP(=O)(O)Oc1ccccc1. The van der Waals surface area contributed by atoms with Gasteiger partial charge in [-0.3, -0.25) is 4.89 Å². The second-order valence-corrected chi connectivity index (χ2v) is 5.20. The van der Waals surface area contributed by atoms with Crippen LogP contribution in [0.2, 0.25) is 0 Å². The van der Waals surface area contributed by atoms with Gasteiger partial charge in [0.05, 0.1) is 0 Å². The molecule has 1 rings (SSSR count). The summed E-state index contributed by atoms with van der Waals surface area (Å²) in [4.78, 5) is 25.5. The van der Waals surface area contributed by atoms with Gasteiger partial charge in [0.15, 0.2) is 0 Å². The first-order valence-corrected chi connectivity index (χ1v) is 6.65. The molecule has 0 saturated heterocycles. The molecule has 0 aliphatic carbocycles. The highest BCUT2D eigenvalue weighted by Gasteiger charge is 2.33. The van der Waals surface area contributed by atoms with Crippen LogP contribution in [0.25, 0.3) is 0 Å². The van der Waals surface area contributed by atoms with E-state index in [4.69, 9.17) is 14.7 Å². The Labute approximate surface area is 92.5 Å². The number of hydrogen-bond donors (Lipinski definition) is 3. The molecule has 0 bridgehead atoms. The van der Waals surface area contributed by atoms with E-state index >= 15 is 0 Å². The third kappa shape index (κ3) is 6.02. The number of para-hydroxylation sites is 1. The molecule has 0 aliphatic rings. The molecule has 3 N–H and O–H groups in total. The topological polar surface area (TPSA) is 113 Å². The van der Waals surface area contributed by atoms with Crippen molar-refractivity contribution in [2.75, 3.05) is 0 Å². The van der Waals surface area contributed by atoms with Crippen LogP contribution in [0, 0.1) is 0 Å². The normalized spacial score (nSPS) is 14.7. The molecule has 1 unspecified atom stereocenters. The third-order valence-corrected chi connectivity index (χ3v) is 3.29. The first-order valence-electron chi connectivity index (χ1n) is 3.63. The molecule has 0 amide bonds. The predicted octanol–water partition coefficient (Wildman–Crippen LogP) is 1.91. The van der Waals surface area contributed by atoms with Crippen LogP contribution in [-0.4, -0.2) is 14.7 Å². The van der Waals surface area contributed by atoms with Crippen LogP contribution in [-0.2, 0) is 13.4 Å². The monoisotopic (exact) mass is 270 g/mol. The molecule has 0 heterocycles. The Morgan fingerprint density at radius 2 is 1.50 bits per heavy atom. The zero-order chi connectivity index (χ0) is 11.5. The Bertz CT molecular complexity index is 412. The van der Waals surface area contributed by atoms with Gasteiger partial charge in [0.25, 0.3) is 0 Å². The summed E-state index contributed by atoms with van der Waals surface area (Å²) in [5.74, 6) is -0.0308. The van der Waals surface area contributed by atoms with Crippen molar-refractivity contribution in [1.82, 2.24) is 0 Å².